The first-order valence-corrected chi connectivity index (χ1v) is 24.9. The van der Waals surface area contributed by atoms with Crippen molar-refractivity contribution in [3.05, 3.63) is 132 Å². The molecule has 68 heavy (non-hydrogen) atoms. The Hall–Kier alpha value is -5.79. The third kappa shape index (κ3) is 10.7. The van der Waals surface area contributed by atoms with E-state index in [2.05, 4.69) is 97.3 Å². The number of aryl methyl sites for hydroxylation is 1. The van der Waals surface area contributed by atoms with Crippen molar-refractivity contribution in [2.24, 2.45) is 22.6 Å². The van der Waals surface area contributed by atoms with Gasteiger partial charge in [0.25, 0.3) is 0 Å². The Balaban J connectivity index is 0.847. The summed E-state index contributed by atoms with van der Waals surface area (Å²) >= 11 is 0. The summed E-state index contributed by atoms with van der Waals surface area (Å²) in [5.74, 6) is 0.00101. The number of nitrogens with two attached hydrogens (primary N) is 1. The molecular weight excluding hydrogens is 853 g/mol. The van der Waals surface area contributed by atoms with Gasteiger partial charge in [0.15, 0.2) is 0 Å². The van der Waals surface area contributed by atoms with Gasteiger partial charge < -0.3 is 30.7 Å². The van der Waals surface area contributed by atoms with Crippen LogP contribution in [0.1, 0.15) is 99.2 Å². The molecule has 2 bridgehead atoms. The van der Waals surface area contributed by atoms with Crippen LogP contribution in [0, 0.1) is 30.4 Å². The first kappa shape index (κ1) is 48.7. The highest BCUT2D eigenvalue weighted by Crippen LogP contribution is 2.37. The molecule has 6 heterocycles. The van der Waals surface area contributed by atoms with E-state index in [0.717, 1.165) is 154 Å². The minimum Gasteiger partial charge on any atom is -0.404 e. The van der Waals surface area contributed by atoms with Crippen molar-refractivity contribution >= 4 is 39.7 Å². The van der Waals surface area contributed by atoms with Crippen LogP contribution in [-0.4, -0.2) is 100 Å². The van der Waals surface area contributed by atoms with E-state index in [1.165, 1.54) is 23.9 Å². The van der Waals surface area contributed by atoms with Crippen molar-refractivity contribution in [1.29, 1.82) is 0 Å². The SMILES string of the molecule is C=CNC(=C)C(CCC)c1c(F)cc(N2CC(C(=C)N3CCN(C4CCN(Cc5ccc6nc7n(c6c5)C[C@H](C)CCCCC(=NC)C(=CN)c5cc(cc(C)n5)C(=C)N7)CC4)CC3)C2)cc1F. The second-order valence-corrected chi connectivity index (χ2v) is 19.6. The fourth-order valence-electron chi connectivity index (χ4n) is 11.0. The Labute approximate surface area is 403 Å². The fourth-order valence-corrected chi connectivity index (χ4v) is 11.0. The Morgan fingerprint density at radius 2 is 1.71 bits per heavy atom. The second-order valence-electron chi connectivity index (χ2n) is 19.6. The predicted octanol–water partition coefficient (Wildman–Crippen LogP) is 10.0. The summed E-state index contributed by atoms with van der Waals surface area (Å²) in [5, 5.41) is 6.56. The molecule has 0 saturated carbocycles. The highest BCUT2D eigenvalue weighted by molar-refractivity contribution is 6.23. The van der Waals surface area contributed by atoms with E-state index < -0.39 is 17.6 Å². The molecule has 4 aromatic rings. The van der Waals surface area contributed by atoms with E-state index >= 15 is 8.78 Å². The molecule has 2 atom stereocenters. The van der Waals surface area contributed by atoms with Crippen molar-refractivity contribution in [2.45, 2.75) is 97.2 Å². The summed E-state index contributed by atoms with van der Waals surface area (Å²) in [7, 11) is 1.84. The van der Waals surface area contributed by atoms with Gasteiger partial charge in [-0.15, -0.1) is 0 Å². The Morgan fingerprint density at radius 1 is 0.971 bits per heavy atom. The van der Waals surface area contributed by atoms with Crippen LogP contribution in [0.3, 0.4) is 0 Å². The average Bonchev–Trinajstić information content (AvgIpc) is 3.63. The normalized spacial score (nSPS) is 21.2. The van der Waals surface area contributed by atoms with E-state index in [1.807, 2.05) is 27.0 Å². The molecule has 4 aliphatic rings. The molecule has 0 amide bonds. The summed E-state index contributed by atoms with van der Waals surface area (Å²) in [6.07, 6.45) is 10.9. The van der Waals surface area contributed by atoms with Gasteiger partial charge in [0.05, 0.1) is 16.7 Å². The van der Waals surface area contributed by atoms with Crippen molar-refractivity contribution < 1.29 is 8.78 Å². The monoisotopic (exact) mass is 926 g/mol. The van der Waals surface area contributed by atoms with Gasteiger partial charge in [-0.2, -0.15) is 0 Å². The number of halogens is 2. The van der Waals surface area contributed by atoms with E-state index in [4.69, 9.17) is 15.7 Å². The van der Waals surface area contributed by atoms with E-state index in [-0.39, 0.29) is 11.5 Å². The minimum absolute atomic E-state index is 0.0722. The molecule has 0 spiro atoms. The summed E-state index contributed by atoms with van der Waals surface area (Å²) in [6.45, 7) is 32.3. The summed E-state index contributed by atoms with van der Waals surface area (Å²) in [4.78, 5) is 24.4. The van der Waals surface area contributed by atoms with Gasteiger partial charge in [-0.25, -0.2) is 13.8 Å². The summed E-state index contributed by atoms with van der Waals surface area (Å²) in [6, 6.07) is 14.4. The largest absolute Gasteiger partial charge is 0.404 e. The number of nitrogens with one attached hydrogen (secondary N) is 2. The van der Waals surface area contributed by atoms with Crippen LogP contribution in [0.25, 0.3) is 22.3 Å². The maximum Gasteiger partial charge on any atom is 0.208 e. The third-order valence-electron chi connectivity index (χ3n) is 14.9. The number of piperidine rings is 1. The molecule has 3 fully saturated rings. The Bertz CT molecular complexity index is 2530. The topological polar surface area (TPSA) is 106 Å². The van der Waals surface area contributed by atoms with Gasteiger partial charge in [-0.3, -0.25) is 19.8 Å². The van der Waals surface area contributed by atoms with Crippen LogP contribution >= 0.6 is 0 Å². The molecule has 8 rings (SSSR count). The standard InChI is InChI=1S/C55H73F2N11/c1-9-13-46(39(6)60-10-2)54-48(56)29-45(30-49(54)57)67-34-43(35-67)40(7)65-22-24-66(25-23-65)44-18-20-64(21-19-44)33-41-16-17-51-53(27-41)68-32-36(3)14-11-12-15-50(59-8)47(31-58)52-28-42(26-37(4)61-52)38(5)62-55(68)63-51/h10,16-17,26-31,36,43-44,46,60H,2,5-7,9,11-15,18-25,32-35,58H2,1,3-4,8H3,(H,62,63)/t36-,46?/m1/s1. The highest BCUT2D eigenvalue weighted by atomic mass is 19.1. The Morgan fingerprint density at radius 3 is 2.38 bits per heavy atom. The van der Waals surface area contributed by atoms with Crippen molar-refractivity contribution in [3.8, 4) is 0 Å². The number of imidazole rings is 1. The van der Waals surface area contributed by atoms with Gasteiger partial charge in [-0.05, 0) is 113 Å². The van der Waals surface area contributed by atoms with E-state index in [1.54, 1.807) is 6.20 Å². The first-order valence-electron chi connectivity index (χ1n) is 24.9. The van der Waals surface area contributed by atoms with Crippen LogP contribution in [0.2, 0.25) is 0 Å². The summed E-state index contributed by atoms with van der Waals surface area (Å²) in [5.41, 5.74) is 17.2. The number of rotatable bonds is 12. The number of hydrogen-bond donors (Lipinski definition) is 3. The number of aliphatic imine (C=N–C) groups is 1. The smallest absolute Gasteiger partial charge is 0.208 e. The number of benzene rings is 2. The number of piperazine rings is 1. The lowest BCUT2D eigenvalue weighted by Crippen LogP contribution is -2.55. The van der Waals surface area contributed by atoms with Crippen molar-refractivity contribution in [3.63, 3.8) is 0 Å². The number of likely N-dealkylation sites (tertiary alicyclic amines) is 1. The predicted molar refractivity (Wildman–Crippen MR) is 277 cm³/mol. The van der Waals surface area contributed by atoms with Gasteiger partial charge in [0.1, 0.15) is 11.6 Å². The highest BCUT2D eigenvalue weighted by Gasteiger charge is 2.35. The molecule has 2 aromatic heterocycles. The molecule has 11 nitrogen and oxygen atoms in total. The molecule has 362 valence electrons. The van der Waals surface area contributed by atoms with Crippen molar-refractivity contribution in [1.82, 2.24) is 34.6 Å². The summed E-state index contributed by atoms with van der Waals surface area (Å²) < 4.78 is 33.4. The number of nitrogens with zero attached hydrogens (tertiary/aromatic N) is 8. The first-order chi connectivity index (χ1) is 32.9. The van der Waals surface area contributed by atoms with Crippen LogP contribution in [0.4, 0.5) is 20.4 Å². The van der Waals surface area contributed by atoms with Crippen LogP contribution < -0.4 is 21.3 Å². The maximum absolute atomic E-state index is 15.5. The number of aromatic nitrogens is 3. The van der Waals surface area contributed by atoms with Crippen molar-refractivity contribution in [2.75, 3.05) is 69.6 Å². The Kier molecular flexibility index (Phi) is 15.5. The van der Waals surface area contributed by atoms with Gasteiger partial charge in [0, 0.05) is 134 Å². The number of allylic oxidation sites excluding steroid dienone is 2. The zero-order valence-electron chi connectivity index (χ0n) is 41.0. The zero-order chi connectivity index (χ0) is 48.1. The van der Waals surface area contributed by atoms with E-state index in [9.17, 15) is 0 Å². The lowest BCUT2D eigenvalue weighted by Gasteiger charge is -2.48. The molecule has 4 aliphatic heterocycles. The maximum atomic E-state index is 15.5. The molecule has 0 radical (unpaired) electrons. The molecule has 2 aromatic carbocycles. The van der Waals surface area contributed by atoms with Crippen LogP contribution in [-0.2, 0) is 13.1 Å². The molecule has 3 saturated heterocycles. The molecule has 1 unspecified atom stereocenters. The van der Waals surface area contributed by atoms with Gasteiger partial charge in [0.2, 0.25) is 5.95 Å². The lowest BCUT2D eigenvalue weighted by atomic mass is 9.89. The molecule has 0 aliphatic carbocycles. The molecule has 13 heteroatoms. The number of anilines is 2. The quantitative estimate of drug-likeness (QED) is 0.128. The third-order valence-corrected chi connectivity index (χ3v) is 14.9. The second kappa shape index (κ2) is 21.7. The minimum atomic E-state index is -0.527. The number of pyridine rings is 1. The molecular formula is C55H73F2N11. The van der Waals surface area contributed by atoms with Gasteiger partial charge in [-0.1, -0.05) is 59.1 Å². The van der Waals surface area contributed by atoms with Gasteiger partial charge >= 0.3 is 0 Å². The average molecular weight is 926 g/mol. The number of fused-ring (bicyclic) bond motifs is 5. The fraction of sp³-hybridized carbons (Fsp3) is 0.473. The lowest BCUT2D eigenvalue weighted by molar-refractivity contribution is 0.0638. The number of hydrogen-bond acceptors (Lipinski definition) is 10. The van der Waals surface area contributed by atoms with E-state index in [0.29, 0.717) is 42.9 Å². The molecule has 4 N–H and O–H groups in total. The zero-order valence-corrected chi connectivity index (χ0v) is 41.0. The van der Waals surface area contributed by atoms with Crippen LogP contribution in [0.5, 0.6) is 0 Å². The van der Waals surface area contributed by atoms with Crippen LogP contribution in [0.15, 0.2) is 97.6 Å².